The van der Waals surface area contributed by atoms with E-state index in [0.29, 0.717) is 11.6 Å². The Labute approximate surface area is 90.0 Å². The highest BCUT2D eigenvalue weighted by atomic mass is 16.7. The third kappa shape index (κ3) is 7.75. The topological polar surface area (TPSA) is 105 Å². The summed E-state index contributed by atoms with van der Waals surface area (Å²) in [6, 6.07) is 0. The summed E-state index contributed by atoms with van der Waals surface area (Å²) in [5, 5.41) is 7.33. The predicted molar refractivity (Wildman–Crippen MR) is 57.4 cm³/mol. The van der Waals surface area contributed by atoms with E-state index in [4.69, 9.17) is 17.0 Å². The maximum absolute atomic E-state index is 11.1. The number of nitrogens with two attached hydrogens (primary N) is 2. The first kappa shape index (κ1) is 13.7. The van der Waals surface area contributed by atoms with Gasteiger partial charge in [0.15, 0.2) is 0 Å². The Morgan fingerprint density at radius 3 is 2.47 bits per heavy atom. The predicted octanol–water partition coefficient (Wildman–Crippen LogP) is 0.874. The van der Waals surface area contributed by atoms with Crippen molar-refractivity contribution in [2.45, 2.75) is 45.4 Å². The average Bonchev–Trinajstić information content (AvgIpc) is 2.17. The van der Waals surface area contributed by atoms with E-state index in [2.05, 4.69) is 11.8 Å². The van der Waals surface area contributed by atoms with Gasteiger partial charge >= 0.3 is 5.97 Å². The third-order valence-corrected chi connectivity index (χ3v) is 1.92. The number of hydroxylamine groups is 1. The van der Waals surface area contributed by atoms with E-state index in [1.165, 1.54) is 12.8 Å². The number of hydrazine groups is 1. The Balaban J connectivity index is 3.45. The van der Waals surface area contributed by atoms with E-state index >= 15 is 0 Å². The van der Waals surface area contributed by atoms with Crippen molar-refractivity contribution in [2.75, 3.05) is 0 Å². The highest BCUT2D eigenvalue weighted by molar-refractivity contribution is 5.76. The van der Waals surface area contributed by atoms with Gasteiger partial charge in [0.2, 0.25) is 5.96 Å². The number of nitrogens with zero attached hydrogens (tertiary/aromatic N) is 1. The van der Waals surface area contributed by atoms with Crippen LogP contribution < -0.4 is 11.6 Å². The zero-order chi connectivity index (χ0) is 11.7. The number of guanidine groups is 1. The van der Waals surface area contributed by atoms with E-state index in [0.717, 1.165) is 19.3 Å². The molecule has 0 spiro atoms. The van der Waals surface area contributed by atoms with Gasteiger partial charge in [-0.2, -0.15) is 0 Å². The van der Waals surface area contributed by atoms with Gasteiger partial charge in [-0.3, -0.25) is 5.41 Å². The van der Waals surface area contributed by atoms with Crippen molar-refractivity contribution < 1.29 is 9.63 Å². The number of hydrogen-bond donors (Lipinski definition) is 3. The molecular formula is C9H20N4O2. The Bertz CT molecular complexity index is 208. The molecule has 0 aliphatic carbocycles. The smallest absolute Gasteiger partial charge is 0.334 e. The Kier molecular flexibility index (Phi) is 7.35. The first-order valence-corrected chi connectivity index (χ1v) is 5.17. The number of unbranched alkanes of at least 4 members (excludes halogenated alkanes) is 4. The number of nitrogens with one attached hydrogen (secondary N) is 1. The molecule has 0 heterocycles. The summed E-state index contributed by atoms with van der Waals surface area (Å²) < 4.78 is 0. The Morgan fingerprint density at radius 1 is 1.33 bits per heavy atom. The fourth-order valence-electron chi connectivity index (χ4n) is 1.08. The lowest BCUT2D eigenvalue weighted by molar-refractivity contribution is -0.174. The van der Waals surface area contributed by atoms with Crippen molar-refractivity contribution in [3.8, 4) is 0 Å². The van der Waals surface area contributed by atoms with Gasteiger partial charge in [-0.05, 0) is 6.42 Å². The highest BCUT2D eigenvalue weighted by Gasteiger charge is 2.08. The van der Waals surface area contributed by atoms with Crippen LogP contribution in [-0.2, 0) is 9.63 Å². The number of carbonyl (C=O) groups excluding carboxylic acids is 1. The molecule has 0 bridgehead atoms. The van der Waals surface area contributed by atoms with Crippen molar-refractivity contribution in [1.29, 1.82) is 5.41 Å². The van der Waals surface area contributed by atoms with Gasteiger partial charge in [-0.15, -0.1) is 5.17 Å². The van der Waals surface area contributed by atoms with Crippen LogP contribution in [0.1, 0.15) is 45.4 Å². The second-order valence-corrected chi connectivity index (χ2v) is 3.34. The monoisotopic (exact) mass is 216 g/mol. The van der Waals surface area contributed by atoms with E-state index in [1.54, 1.807) is 0 Å². The van der Waals surface area contributed by atoms with Gasteiger partial charge in [0.1, 0.15) is 0 Å². The van der Waals surface area contributed by atoms with Crippen molar-refractivity contribution in [3.63, 3.8) is 0 Å². The molecule has 0 fully saturated rings. The van der Waals surface area contributed by atoms with Crippen molar-refractivity contribution in [1.82, 2.24) is 5.17 Å². The van der Waals surface area contributed by atoms with Crippen molar-refractivity contribution >= 4 is 11.9 Å². The molecule has 0 aromatic rings. The lowest BCUT2D eigenvalue weighted by Gasteiger charge is -2.13. The molecule has 0 aliphatic rings. The van der Waals surface area contributed by atoms with E-state index in [9.17, 15) is 4.79 Å². The number of rotatable bonds is 6. The van der Waals surface area contributed by atoms with Crippen LogP contribution in [0, 0.1) is 5.41 Å². The number of hydrogen-bond acceptors (Lipinski definition) is 4. The van der Waals surface area contributed by atoms with Crippen LogP contribution in [0.4, 0.5) is 0 Å². The van der Waals surface area contributed by atoms with Gasteiger partial charge < -0.3 is 10.6 Å². The summed E-state index contributed by atoms with van der Waals surface area (Å²) in [5.41, 5.74) is 4.99. The summed E-state index contributed by atoms with van der Waals surface area (Å²) in [6.45, 7) is 2.13. The molecule has 0 atom stereocenters. The molecule has 0 aliphatic heterocycles. The molecule has 0 rings (SSSR count). The van der Waals surface area contributed by atoms with Crippen LogP contribution >= 0.6 is 0 Å². The zero-order valence-corrected chi connectivity index (χ0v) is 9.16. The van der Waals surface area contributed by atoms with Crippen LogP contribution in [0.15, 0.2) is 0 Å². The summed E-state index contributed by atoms with van der Waals surface area (Å²) in [7, 11) is 0. The van der Waals surface area contributed by atoms with Gasteiger partial charge in [0.25, 0.3) is 0 Å². The molecule has 0 unspecified atom stereocenters. The van der Waals surface area contributed by atoms with Gasteiger partial charge in [0.05, 0.1) is 0 Å². The van der Waals surface area contributed by atoms with E-state index in [1.807, 2.05) is 0 Å². The molecular weight excluding hydrogens is 196 g/mol. The van der Waals surface area contributed by atoms with Crippen molar-refractivity contribution in [2.24, 2.45) is 11.6 Å². The lowest BCUT2D eigenvalue weighted by Crippen LogP contribution is -2.43. The van der Waals surface area contributed by atoms with Gasteiger partial charge in [-0.1, -0.05) is 32.6 Å². The second-order valence-electron chi connectivity index (χ2n) is 3.34. The van der Waals surface area contributed by atoms with E-state index < -0.39 is 11.9 Å². The fourth-order valence-corrected chi connectivity index (χ4v) is 1.08. The lowest BCUT2D eigenvalue weighted by atomic mass is 10.1. The van der Waals surface area contributed by atoms with Crippen molar-refractivity contribution in [3.05, 3.63) is 0 Å². The highest BCUT2D eigenvalue weighted by Crippen LogP contribution is 2.05. The Morgan fingerprint density at radius 2 is 1.93 bits per heavy atom. The molecule has 6 heteroatoms. The summed E-state index contributed by atoms with van der Waals surface area (Å²) in [4.78, 5) is 15.6. The SMILES string of the molecule is CCCCCCCC(=O)ON(N)C(=N)N. The van der Waals surface area contributed by atoms with Crippen LogP contribution in [0.2, 0.25) is 0 Å². The first-order valence-electron chi connectivity index (χ1n) is 5.17. The second kappa shape index (κ2) is 8.05. The summed E-state index contributed by atoms with van der Waals surface area (Å²) >= 11 is 0. The van der Waals surface area contributed by atoms with Crippen LogP contribution in [0.3, 0.4) is 0 Å². The molecule has 0 aromatic carbocycles. The zero-order valence-electron chi connectivity index (χ0n) is 9.16. The van der Waals surface area contributed by atoms with Crippen LogP contribution in [0.25, 0.3) is 0 Å². The third-order valence-electron chi connectivity index (χ3n) is 1.92. The molecule has 5 N–H and O–H groups in total. The maximum Gasteiger partial charge on any atom is 0.334 e. The molecule has 88 valence electrons. The Hall–Kier alpha value is -1.30. The largest absolute Gasteiger partial charge is 0.366 e. The van der Waals surface area contributed by atoms with Crippen LogP contribution in [-0.4, -0.2) is 17.1 Å². The standard InChI is InChI=1S/C9H20N4O2/c1-2-3-4-5-6-7-8(14)15-13(12)9(10)11/h2-7,12H2,1H3,(H3,10,11). The minimum absolute atomic E-state index is 0.310. The quantitative estimate of drug-likeness (QED) is 0.201. The molecule has 0 aromatic heterocycles. The number of carbonyl (C=O) groups is 1. The fraction of sp³-hybridized carbons (Fsp3) is 0.778. The normalized spacial score (nSPS) is 9.73. The first-order chi connectivity index (χ1) is 7.07. The summed E-state index contributed by atoms with van der Waals surface area (Å²) in [6.07, 6.45) is 5.59. The molecule has 0 amide bonds. The van der Waals surface area contributed by atoms with Gasteiger partial charge in [-0.25, -0.2) is 10.6 Å². The molecule has 0 saturated heterocycles. The molecule has 0 radical (unpaired) electrons. The van der Waals surface area contributed by atoms with Gasteiger partial charge in [0, 0.05) is 6.42 Å². The van der Waals surface area contributed by atoms with Crippen LogP contribution in [0.5, 0.6) is 0 Å². The maximum atomic E-state index is 11.1. The molecule has 6 nitrogen and oxygen atoms in total. The minimum Gasteiger partial charge on any atom is -0.366 e. The molecule has 15 heavy (non-hydrogen) atoms. The average molecular weight is 216 g/mol. The summed E-state index contributed by atoms with van der Waals surface area (Å²) in [5.74, 6) is 4.16. The van der Waals surface area contributed by atoms with E-state index in [-0.39, 0.29) is 0 Å². The minimum atomic E-state index is -0.491. The molecule has 0 saturated carbocycles.